The molecule has 16 heavy (non-hydrogen) atoms. The van der Waals surface area contributed by atoms with E-state index >= 15 is 0 Å². The van der Waals surface area contributed by atoms with Gasteiger partial charge in [0, 0.05) is 26.3 Å². The topological polar surface area (TPSA) is 65.1 Å². The molecule has 0 radical (unpaired) electrons. The van der Waals surface area contributed by atoms with Crippen LogP contribution in [0.3, 0.4) is 0 Å². The van der Waals surface area contributed by atoms with Gasteiger partial charge in [0.1, 0.15) is 6.73 Å². The van der Waals surface area contributed by atoms with Crippen molar-refractivity contribution in [2.24, 2.45) is 10.7 Å². The summed E-state index contributed by atoms with van der Waals surface area (Å²) >= 11 is 0. The van der Waals surface area contributed by atoms with E-state index in [0.717, 1.165) is 31.9 Å². The molecule has 0 aromatic heterocycles. The fraction of sp³-hybridized carbons (Fsp3) is 0.727. The van der Waals surface area contributed by atoms with Gasteiger partial charge in [-0.15, -0.1) is 0 Å². The van der Waals surface area contributed by atoms with Gasteiger partial charge in [-0.25, -0.2) is 4.99 Å². The molecule has 0 saturated carbocycles. The number of rotatable bonds is 7. The van der Waals surface area contributed by atoms with Gasteiger partial charge >= 0.3 is 0 Å². The first-order valence-corrected chi connectivity index (χ1v) is 5.66. The average Bonchev–Trinajstić information content (AvgIpc) is 2.30. The fourth-order valence-electron chi connectivity index (χ4n) is 1.44. The molecule has 0 bridgehead atoms. The molecule has 0 unspecified atom stereocenters. The summed E-state index contributed by atoms with van der Waals surface area (Å²) in [5.41, 5.74) is 5.47. The SMILES string of the molecule is C=C/N=C(/N(C)CCCN)N(CO)CCC. The second-order valence-corrected chi connectivity index (χ2v) is 3.58. The van der Waals surface area contributed by atoms with Crippen molar-refractivity contribution in [3.63, 3.8) is 0 Å². The zero-order valence-corrected chi connectivity index (χ0v) is 10.4. The first-order valence-electron chi connectivity index (χ1n) is 5.66. The Kier molecular flexibility index (Phi) is 8.56. The highest BCUT2D eigenvalue weighted by Gasteiger charge is 2.13. The normalized spacial score (nSPS) is 11.4. The van der Waals surface area contributed by atoms with Gasteiger partial charge in [-0.2, -0.15) is 0 Å². The van der Waals surface area contributed by atoms with E-state index in [0.29, 0.717) is 6.54 Å². The predicted octanol–water partition coefficient (Wildman–Crippen LogP) is 0.428. The zero-order valence-electron chi connectivity index (χ0n) is 10.4. The molecule has 0 fully saturated rings. The second-order valence-electron chi connectivity index (χ2n) is 3.58. The van der Waals surface area contributed by atoms with Crippen LogP contribution >= 0.6 is 0 Å². The number of nitrogens with two attached hydrogens (primary N) is 1. The number of hydrogen-bond donors (Lipinski definition) is 2. The predicted molar refractivity (Wildman–Crippen MR) is 68.0 cm³/mol. The number of aliphatic hydroxyl groups excluding tert-OH is 1. The van der Waals surface area contributed by atoms with Crippen molar-refractivity contribution in [3.05, 3.63) is 12.8 Å². The molecular weight excluding hydrogens is 204 g/mol. The van der Waals surface area contributed by atoms with E-state index in [1.165, 1.54) is 6.20 Å². The van der Waals surface area contributed by atoms with Crippen molar-refractivity contribution in [1.29, 1.82) is 0 Å². The molecule has 0 aliphatic rings. The third kappa shape index (κ3) is 5.14. The molecular formula is C11H24N4O. The average molecular weight is 228 g/mol. The van der Waals surface area contributed by atoms with Crippen LogP contribution in [0.5, 0.6) is 0 Å². The molecule has 0 saturated heterocycles. The van der Waals surface area contributed by atoms with E-state index in [4.69, 9.17) is 5.73 Å². The summed E-state index contributed by atoms with van der Waals surface area (Å²) in [4.78, 5) is 8.00. The minimum atomic E-state index is -0.0342. The van der Waals surface area contributed by atoms with Gasteiger partial charge in [0.25, 0.3) is 0 Å². The third-order valence-electron chi connectivity index (χ3n) is 2.19. The van der Waals surface area contributed by atoms with Gasteiger partial charge < -0.3 is 20.6 Å². The lowest BCUT2D eigenvalue weighted by atomic mass is 10.4. The largest absolute Gasteiger partial charge is 0.376 e. The summed E-state index contributed by atoms with van der Waals surface area (Å²) in [6.45, 7) is 7.87. The van der Waals surface area contributed by atoms with Crippen LogP contribution in [0, 0.1) is 0 Å². The first-order chi connectivity index (χ1) is 7.71. The smallest absolute Gasteiger partial charge is 0.202 e. The molecule has 5 nitrogen and oxygen atoms in total. The minimum absolute atomic E-state index is 0.0342. The Morgan fingerprint density at radius 2 is 2.19 bits per heavy atom. The molecule has 94 valence electrons. The summed E-state index contributed by atoms with van der Waals surface area (Å²) < 4.78 is 0. The second kappa shape index (κ2) is 9.18. The Hall–Kier alpha value is -1.07. The molecule has 0 spiro atoms. The van der Waals surface area contributed by atoms with Crippen LogP contribution in [0.15, 0.2) is 17.8 Å². The van der Waals surface area contributed by atoms with E-state index < -0.39 is 0 Å². The quantitative estimate of drug-likeness (QED) is 0.377. The van der Waals surface area contributed by atoms with Crippen LogP contribution in [0.2, 0.25) is 0 Å². The van der Waals surface area contributed by atoms with Gasteiger partial charge in [-0.1, -0.05) is 13.5 Å². The van der Waals surface area contributed by atoms with Gasteiger partial charge in [-0.05, 0) is 19.4 Å². The summed E-state index contributed by atoms with van der Waals surface area (Å²) in [7, 11) is 1.94. The summed E-state index contributed by atoms with van der Waals surface area (Å²) in [5, 5.41) is 9.29. The summed E-state index contributed by atoms with van der Waals surface area (Å²) in [6, 6.07) is 0. The van der Waals surface area contributed by atoms with E-state index in [-0.39, 0.29) is 6.73 Å². The van der Waals surface area contributed by atoms with Crippen molar-refractivity contribution in [2.45, 2.75) is 19.8 Å². The fourth-order valence-corrected chi connectivity index (χ4v) is 1.44. The van der Waals surface area contributed by atoms with Gasteiger partial charge in [-0.3, -0.25) is 0 Å². The zero-order chi connectivity index (χ0) is 12.4. The van der Waals surface area contributed by atoms with Crippen molar-refractivity contribution in [3.8, 4) is 0 Å². The molecule has 5 heteroatoms. The monoisotopic (exact) mass is 228 g/mol. The highest BCUT2D eigenvalue weighted by Crippen LogP contribution is 2.00. The Bertz CT molecular complexity index is 218. The third-order valence-corrected chi connectivity index (χ3v) is 2.19. The van der Waals surface area contributed by atoms with Crippen LogP contribution in [-0.2, 0) is 0 Å². The molecule has 0 heterocycles. The molecule has 0 amide bonds. The van der Waals surface area contributed by atoms with Crippen molar-refractivity contribution in [1.82, 2.24) is 9.80 Å². The van der Waals surface area contributed by atoms with Crippen LogP contribution in [0.1, 0.15) is 19.8 Å². The maximum atomic E-state index is 9.29. The highest BCUT2D eigenvalue weighted by atomic mass is 16.3. The molecule has 0 aromatic rings. The first kappa shape index (κ1) is 14.9. The molecule has 3 N–H and O–H groups in total. The molecule has 0 aliphatic carbocycles. The van der Waals surface area contributed by atoms with Crippen LogP contribution in [-0.4, -0.2) is 54.3 Å². The number of hydrogen-bond acceptors (Lipinski definition) is 3. The number of nitrogens with zero attached hydrogens (tertiary/aromatic N) is 3. The van der Waals surface area contributed by atoms with Crippen molar-refractivity contribution in [2.75, 3.05) is 33.4 Å². The Morgan fingerprint density at radius 3 is 2.62 bits per heavy atom. The minimum Gasteiger partial charge on any atom is -0.376 e. The summed E-state index contributed by atoms with van der Waals surface area (Å²) in [5.74, 6) is 0.743. The lowest BCUT2D eigenvalue weighted by Gasteiger charge is -2.30. The number of aliphatic imine (C=N–C) groups is 1. The standard InChI is InChI=1S/C11H24N4O/c1-4-8-15(10-16)11(13-5-2)14(3)9-6-7-12/h5,16H,2,4,6-10,12H2,1,3H3/b13-11-. The number of guanidine groups is 1. The maximum absolute atomic E-state index is 9.29. The van der Waals surface area contributed by atoms with Gasteiger partial charge in [0.2, 0.25) is 5.96 Å². The maximum Gasteiger partial charge on any atom is 0.202 e. The molecule has 0 atom stereocenters. The molecule has 0 rings (SSSR count). The van der Waals surface area contributed by atoms with Gasteiger partial charge in [0.05, 0.1) is 0 Å². The van der Waals surface area contributed by atoms with Crippen molar-refractivity contribution >= 4 is 5.96 Å². The Morgan fingerprint density at radius 1 is 1.50 bits per heavy atom. The Labute approximate surface area is 98.2 Å². The molecule has 0 aromatic carbocycles. The molecule has 0 aliphatic heterocycles. The lowest BCUT2D eigenvalue weighted by molar-refractivity contribution is 0.156. The van der Waals surface area contributed by atoms with E-state index in [1.807, 2.05) is 16.8 Å². The Balaban J connectivity index is 4.56. The van der Waals surface area contributed by atoms with E-state index in [9.17, 15) is 5.11 Å². The van der Waals surface area contributed by atoms with E-state index in [1.54, 1.807) is 0 Å². The summed E-state index contributed by atoms with van der Waals surface area (Å²) in [6.07, 6.45) is 3.35. The van der Waals surface area contributed by atoms with Crippen LogP contribution < -0.4 is 5.73 Å². The lowest BCUT2D eigenvalue weighted by Crippen LogP contribution is -2.44. The number of aliphatic hydroxyl groups is 1. The van der Waals surface area contributed by atoms with E-state index in [2.05, 4.69) is 18.5 Å². The van der Waals surface area contributed by atoms with Crippen LogP contribution in [0.25, 0.3) is 0 Å². The highest BCUT2D eigenvalue weighted by molar-refractivity contribution is 5.80. The van der Waals surface area contributed by atoms with Crippen molar-refractivity contribution < 1.29 is 5.11 Å². The van der Waals surface area contributed by atoms with Crippen LogP contribution in [0.4, 0.5) is 0 Å². The van der Waals surface area contributed by atoms with Gasteiger partial charge in [0.15, 0.2) is 0 Å².